The fourth-order valence-corrected chi connectivity index (χ4v) is 1.79. The molecule has 7 nitrogen and oxygen atoms in total. The Kier molecular flexibility index (Phi) is 2.74. The average molecular weight is 250 g/mol. The van der Waals surface area contributed by atoms with E-state index in [9.17, 15) is 19.7 Å². The zero-order valence-electron chi connectivity index (χ0n) is 9.80. The predicted octanol–water partition coefficient (Wildman–Crippen LogP) is 1.22. The van der Waals surface area contributed by atoms with E-state index in [0.29, 0.717) is 0 Å². The lowest BCUT2D eigenvalue weighted by atomic mass is 10.1. The number of carbonyl (C=O) groups excluding carboxylic acids is 2. The molecule has 1 heterocycles. The minimum absolute atomic E-state index is 0.00213. The summed E-state index contributed by atoms with van der Waals surface area (Å²) in [5.74, 6) is -1.02. The van der Waals surface area contributed by atoms with Crippen molar-refractivity contribution in [2.45, 2.75) is 6.92 Å². The van der Waals surface area contributed by atoms with Crippen LogP contribution in [0.5, 0.6) is 5.75 Å². The van der Waals surface area contributed by atoms with Crippen LogP contribution in [0.4, 0.5) is 5.69 Å². The molecule has 0 unspecified atom stereocenters. The first-order chi connectivity index (χ1) is 8.47. The molecular formula is C11H10N2O5. The molecule has 18 heavy (non-hydrogen) atoms. The predicted molar refractivity (Wildman–Crippen MR) is 60.7 cm³/mol. The third-order valence-corrected chi connectivity index (χ3v) is 2.67. The van der Waals surface area contributed by atoms with Crippen LogP contribution in [-0.2, 0) is 0 Å². The SMILES string of the molecule is CCOc1cc2c(cc1[N+](=O)[O-])C(=O)N(C)C2=O. The molecule has 0 saturated heterocycles. The van der Waals surface area contributed by atoms with E-state index in [0.717, 1.165) is 11.0 Å². The molecule has 1 aliphatic rings. The van der Waals surface area contributed by atoms with Gasteiger partial charge in [-0.05, 0) is 6.92 Å². The largest absolute Gasteiger partial charge is 0.487 e. The molecule has 2 rings (SSSR count). The second-order valence-corrected chi connectivity index (χ2v) is 3.72. The molecule has 0 atom stereocenters. The zero-order valence-corrected chi connectivity index (χ0v) is 9.80. The first-order valence-electron chi connectivity index (χ1n) is 5.25. The van der Waals surface area contributed by atoms with Gasteiger partial charge in [0, 0.05) is 19.2 Å². The van der Waals surface area contributed by atoms with Crippen molar-refractivity contribution in [3.8, 4) is 5.75 Å². The third kappa shape index (κ3) is 1.60. The minimum atomic E-state index is -0.638. The molecule has 1 aromatic carbocycles. The van der Waals surface area contributed by atoms with Gasteiger partial charge in [-0.1, -0.05) is 0 Å². The van der Waals surface area contributed by atoms with E-state index in [-0.39, 0.29) is 29.2 Å². The number of fused-ring (bicyclic) bond motifs is 1. The van der Waals surface area contributed by atoms with Gasteiger partial charge in [0.1, 0.15) is 0 Å². The summed E-state index contributed by atoms with van der Waals surface area (Å²) in [6, 6.07) is 2.34. The molecule has 7 heteroatoms. The highest BCUT2D eigenvalue weighted by Gasteiger charge is 2.36. The third-order valence-electron chi connectivity index (χ3n) is 2.67. The van der Waals surface area contributed by atoms with E-state index in [1.807, 2.05) is 0 Å². The summed E-state index contributed by atoms with van der Waals surface area (Å²) in [5, 5.41) is 10.9. The number of nitro groups is 1. The molecular weight excluding hydrogens is 240 g/mol. The lowest BCUT2D eigenvalue weighted by Gasteiger charge is -2.05. The average Bonchev–Trinajstić information content (AvgIpc) is 2.54. The number of hydrogen-bond donors (Lipinski definition) is 0. The Labute approximate surface area is 102 Å². The molecule has 0 bridgehead atoms. The molecule has 0 aliphatic carbocycles. The zero-order chi connectivity index (χ0) is 13.4. The maximum Gasteiger partial charge on any atom is 0.311 e. The Balaban J connectivity index is 2.64. The normalized spacial score (nSPS) is 13.8. The van der Waals surface area contributed by atoms with Crippen molar-refractivity contribution in [3.05, 3.63) is 33.4 Å². The molecule has 0 aromatic heterocycles. The number of rotatable bonds is 3. The quantitative estimate of drug-likeness (QED) is 0.457. The number of benzene rings is 1. The van der Waals surface area contributed by atoms with Crippen molar-refractivity contribution >= 4 is 17.5 Å². The van der Waals surface area contributed by atoms with Crippen molar-refractivity contribution in [1.82, 2.24) is 4.90 Å². The van der Waals surface area contributed by atoms with Crippen molar-refractivity contribution in [3.63, 3.8) is 0 Å². The van der Waals surface area contributed by atoms with E-state index in [1.165, 1.54) is 13.1 Å². The second-order valence-electron chi connectivity index (χ2n) is 3.72. The summed E-state index contributed by atoms with van der Waals surface area (Å²) in [4.78, 5) is 34.6. The van der Waals surface area contributed by atoms with Gasteiger partial charge in [0.2, 0.25) is 0 Å². The smallest absolute Gasteiger partial charge is 0.311 e. The number of nitrogens with zero attached hydrogens (tertiary/aromatic N) is 2. The van der Waals surface area contributed by atoms with Crippen molar-refractivity contribution in [2.24, 2.45) is 0 Å². The number of ether oxygens (including phenoxy) is 1. The fraction of sp³-hybridized carbons (Fsp3) is 0.273. The Morgan fingerprint density at radius 2 is 1.83 bits per heavy atom. The van der Waals surface area contributed by atoms with Crippen LogP contribution in [-0.4, -0.2) is 35.3 Å². The summed E-state index contributed by atoms with van der Waals surface area (Å²) in [5.41, 5.74) is -0.138. The molecule has 94 valence electrons. The van der Waals surface area contributed by atoms with E-state index >= 15 is 0 Å². The molecule has 2 amide bonds. The Hall–Kier alpha value is -2.44. The van der Waals surface area contributed by atoms with Crippen LogP contribution in [0, 0.1) is 10.1 Å². The van der Waals surface area contributed by atoms with Crippen molar-refractivity contribution in [2.75, 3.05) is 13.7 Å². The van der Waals surface area contributed by atoms with Crippen LogP contribution in [0.2, 0.25) is 0 Å². The van der Waals surface area contributed by atoms with Crippen LogP contribution in [0.15, 0.2) is 12.1 Å². The van der Waals surface area contributed by atoms with E-state index in [4.69, 9.17) is 4.74 Å². The van der Waals surface area contributed by atoms with Gasteiger partial charge < -0.3 is 4.74 Å². The first-order valence-corrected chi connectivity index (χ1v) is 5.25. The second kappa shape index (κ2) is 4.10. The summed E-state index contributed by atoms with van der Waals surface area (Å²) in [7, 11) is 1.33. The first kappa shape index (κ1) is 12.0. The Bertz CT molecular complexity index is 567. The Morgan fingerprint density at radius 3 is 2.33 bits per heavy atom. The minimum Gasteiger partial charge on any atom is -0.487 e. The van der Waals surface area contributed by atoms with Crippen LogP contribution >= 0.6 is 0 Å². The van der Waals surface area contributed by atoms with Gasteiger partial charge in [0.15, 0.2) is 5.75 Å². The van der Waals surface area contributed by atoms with Crippen molar-refractivity contribution in [1.29, 1.82) is 0 Å². The number of amides is 2. The molecule has 0 radical (unpaired) electrons. The lowest BCUT2D eigenvalue weighted by molar-refractivity contribution is -0.385. The summed E-state index contributed by atoms with van der Waals surface area (Å²) in [6.07, 6.45) is 0. The van der Waals surface area contributed by atoms with Gasteiger partial charge in [0.25, 0.3) is 11.8 Å². The van der Waals surface area contributed by atoms with Crippen LogP contribution in [0.25, 0.3) is 0 Å². The highest BCUT2D eigenvalue weighted by Crippen LogP contribution is 2.34. The summed E-state index contributed by atoms with van der Waals surface area (Å²) < 4.78 is 5.12. The van der Waals surface area contributed by atoms with E-state index < -0.39 is 16.7 Å². The Morgan fingerprint density at radius 1 is 1.28 bits per heavy atom. The van der Waals surface area contributed by atoms with Gasteiger partial charge in [-0.25, -0.2) is 0 Å². The fourth-order valence-electron chi connectivity index (χ4n) is 1.79. The molecule has 0 saturated carbocycles. The van der Waals surface area contributed by atoms with Gasteiger partial charge >= 0.3 is 5.69 Å². The summed E-state index contributed by atoms with van der Waals surface area (Å²) in [6.45, 7) is 1.91. The van der Waals surface area contributed by atoms with Gasteiger partial charge in [-0.3, -0.25) is 24.6 Å². The number of nitro benzene ring substituents is 1. The number of carbonyl (C=O) groups is 2. The standard InChI is InChI=1S/C11H10N2O5/c1-3-18-9-5-7-6(4-8(9)13(16)17)10(14)12(2)11(7)15/h4-5H,3H2,1-2H3. The summed E-state index contributed by atoms with van der Waals surface area (Å²) >= 11 is 0. The maximum atomic E-state index is 11.7. The van der Waals surface area contributed by atoms with Crippen LogP contribution < -0.4 is 4.74 Å². The van der Waals surface area contributed by atoms with Gasteiger partial charge in [0.05, 0.1) is 22.7 Å². The van der Waals surface area contributed by atoms with Crippen LogP contribution in [0.3, 0.4) is 0 Å². The molecule has 0 fully saturated rings. The number of hydrogen-bond acceptors (Lipinski definition) is 5. The van der Waals surface area contributed by atoms with E-state index in [1.54, 1.807) is 6.92 Å². The topological polar surface area (TPSA) is 89.8 Å². The molecule has 1 aromatic rings. The molecule has 1 aliphatic heterocycles. The maximum absolute atomic E-state index is 11.7. The van der Waals surface area contributed by atoms with E-state index in [2.05, 4.69) is 0 Å². The molecule has 0 N–H and O–H groups in total. The van der Waals surface area contributed by atoms with Crippen molar-refractivity contribution < 1.29 is 19.2 Å². The van der Waals surface area contributed by atoms with Crippen LogP contribution in [0.1, 0.15) is 27.6 Å². The number of imide groups is 1. The van der Waals surface area contributed by atoms with Gasteiger partial charge in [-0.2, -0.15) is 0 Å². The highest BCUT2D eigenvalue weighted by atomic mass is 16.6. The highest BCUT2D eigenvalue weighted by molar-refractivity contribution is 6.21. The lowest BCUT2D eigenvalue weighted by Crippen LogP contribution is -2.24. The molecule has 0 spiro atoms. The monoisotopic (exact) mass is 250 g/mol. The van der Waals surface area contributed by atoms with Gasteiger partial charge in [-0.15, -0.1) is 0 Å².